The van der Waals surface area contributed by atoms with Crippen LogP contribution in [0.1, 0.15) is 49.9 Å². The SMILES string of the molecule is CC1(C)c2ccccc2Oc2c(Nc3ccc4c(c3)C(C)(C)c3c(-c5ccccc5)cccc3-4)cccc21. The molecule has 2 nitrogen and oxygen atoms in total. The number of rotatable bonds is 3. The van der Waals surface area contributed by atoms with Crippen LogP contribution >= 0.6 is 0 Å². The van der Waals surface area contributed by atoms with Crippen LogP contribution in [0.25, 0.3) is 22.3 Å². The van der Waals surface area contributed by atoms with Crippen LogP contribution in [0.2, 0.25) is 0 Å². The van der Waals surface area contributed by atoms with Gasteiger partial charge in [0, 0.05) is 27.6 Å². The maximum absolute atomic E-state index is 6.50. The van der Waals surface area contributed by atoms with Gasteiger partial charge in [-0.25, -0.2) is 0 Å². The molecule has 0 bridgehead atoms. The molecule has 1 heterocycles. The molecule has 38 heavy (non-hydrogen) atoms. The van der Waals surface area contributed by atoms with Crippen molar-refractivity contribution in [2.45, 2.75) is 38.5 Å². The second-order valence-corrected chi connectivity index (χ2v) is 11.5. The summed E-state index contributed by atoms with van der Waals surface area (Å²) in [5, 5.41) is 3.72. The average Bonchev–Trinajstić information content (AvgIpc) is 3.16. The normalized spacial score (nSPS) is 15.5. The minimum Gasteiger partial charge on any atom is -0.455 e. The molecule has 7 rings (SSSR count). The summed E-state index contributed by atoms with van der Waals surface area (Å²) in [5.74, 6) is 1.84. The van der Waals surface area contributed by atoms with Crippen molar-refractivity contribution in [3.8, 4) is 33.8 Å². The van der Waals surface area contributed by atoms with Crippen molar-refractivity contribution in [2.24, 2.45) is 0 Å². The minimum absolute atomic E-state index is 0.123. The van der Waals surface area contributed by atoms with Gasteiger partial charge in [-0.15, -0.1) is 0 Å². The highest BCUT2D eigenvalue weighted by Gasteiger charge is 2.38. The van der Waals surface area contributed by atoms with Gasteiger partial charge in [-0.2, -0.15) is 0 Å². The largest absolute Gasteiger partial charge is 0.455 e. The highest BCUT2D eigenvalue weighted by Crippen LogP contribution is 2.54. The Balaban J connectivity index is 1.30. The Labute approximate surface area is 225 Å². The first-order valence-corrected chi connectivity index (χ1v) is 13.4. The second-order valence-electron chi connectivity index (χ2n) is 11.5. The molecule has 186 valence electrons. The van der Waals surface area contributed by atoms with Gasteiger partial charge in [0.2, 0.25) is 0 Å². The lowest BCUT2D eigenvalue weighted by molar-refractivity contribution is 0.420. The smallest absolute Gasteiger partial charge is 0.154 e. The molecule has 0 saturated carbocycles. The molecule has 2 aliphatic rings. The molecule has 5 aromatic rings. The molecule has 1 aliphatic carbocycles. The summed E-state index contributed by atoms with van der Waals surface area (Å²) in [6, 6.07) is 39.0. The van der Waals surface area contributed by atoms with Crippen LogP contribution in [-0.2, 0) is 10.8 Å². The van der Waals surface area contributed by atoms with Gasteiger partial charge in [-0.1, -0.05) is 113 Å². The van der Waals surface area contributed by atoms with E-state index in [1.54, 1.807) is 0 Å². The van der Waals surface area contributed by atoms with Crippen LogP contribution in [0.15, 0.2) is 109 Å². The number of benzene rings is 5. The fourth-order valence-electron chi connectivity index (χ4n) is 6.54. The first kappa shape index (κ1) is 22.9. The van der Waals surface area contributed by atoms with E-state index in [1.807, 2.05) is 6.07 Å². The van der Waals surface area contributed by atoms with Gasteiger partial charge in [0.05, 0.1) is 5.69 Å². The number of hydrogen-bond acceptors (Lipinski definition) is 2. The van der Waals surface area contributed by atoms with Crippen LogP contribution in [0.4, 0.5) is 11.4 Å². The van der Waals surface area contributed by atoms with Crippen LogP contribution < -0.4 is 10.1 Å². The van der Waals surface area contributed by atoms with Crippen molar-refractivity contribution in [3.63, 3.8) is 0 Å². The van der Waals surface area contributed by atoms with Crippen LogP contribution in [0, 0.1) is 0 Å². The van der Waals surface area contributed by atoms with Gasteiger partial charge >= 0.3 is 0 Å². The summed E-state index contributed by atoms with van der Waals surface area (Å²) in [7, 11) is 0. The van der Waals surface area contributed by atoms with E-state index < -0.39 is 0 Å². The molecule has 5 aromatic carbocycles. The van der Waals surface area contributed by atoms with Crippen LogP contribution in [0.5, 0.6) is 11.5 Å². The van der Waals surface area contributed by atoms with E-state index >= 15 is 0 Å². The van der Waals surface area contributed by atoms with Crippen molar-refractivity contribution in [2.75, 3.05) is 5.32 Å². The molecular weight excluding hydrogens is 462 g/mol. The fraction of sp³-hybridized carbons (Fsp3) is 0.167. The number of nitrogens with one attached hydrogen (secondary N) is 1. The molecule has 0 atom stereocenters. The molecule has 0 spiro atoms. The summed E-state index contributed by atoms with van der Waals surface area (Å²) >= 11 is 0. The van der Waals surface area contributed by atoms with E-state index in [9.17, 15) is 0 Å². The molecule has 2 heteroatoms. The van der Waals surface area contributed by atoms with Gasteiger partial charge in [0.15, 0.2) is 5.75 Å². The highest BCUT2D eigenvalue weighted by molar-refractivity contribution is 5.89. The Kier molecular flexibility index (Phi) is 4.87. The zero-order valence-electron chi connectivity index (χ0n) is 22.3. The lowest BCUT2D eigenvalue weighted by Crippen LogP contribution is -2.24. The van der Waals surface area contributed by atoms with Crippen molar-refractivity contribution in [3.05, 3.63) is 131 Å². The Morgan fingerprint density at radius 3 is 2.11 bits per heavy atom. The first-order valence-electron chi connectivity index (χ1n) is 13.4. The standard InChI is InChI=1S/C36H31NO/c1-35(2)28-16-8-9-19-32(28)38-34-29(35)17-11-18-31(34)37-24-20-21-26-27-15-10-14-25(23-12-6-5-7-13-23)33(27)36(3,4)30(26)22-24/h5-22,37H,1-4H3. The van der Waals surface area contributed by atoms with E-state index in [4.69, 9.17) is 4.74 Å². The molecule has 1 N–H and O–H groups in total. The number of fused-ring (bicyclic) bond motifs is 5. The monoisotopic (exact) mass is 493 g/mol. The predicted molar refractivity (Wildman–Crippen MR) is 158 cm³/mol. The highest BCUT2D eigenvalue weighted by atomic mass is 16.5. The third kappa shape index (κ3) is 3.26. The molecule has 0 saturated heterocycles. The summed E-state index contributed by atoms with van der Waals surface area (Å²) in [6.07, 6.45) is 0. The molecule has 0 aromatic heterocycles. The van der Waals surface area contributed by atoms with Crippen molar-refractivity contribution in [1.82, 2.24) is 0 Å². The van der Waals surface area contributed by atoms with E-state index in [-0.39, 0.29) is 10.8 Å². The van der Waals surface area contributed by atoms with E-state index in [1.165, 1.54) is 44.5 Å². The number of para-hydroxylation sites is 2. The Bertz CT molecular complexity index is 1710. The summed E-state index contributed by atoms with van der Waals surface area (Å²) in [5.41, 5.74) is 12.2. The maximum atomic E-state index is 6.50. The molecule has 0 radical (unpaired) electrons. The van der Waals surface area contributed by atoms with Crippen molar-refractivity contribution < 1.29 is 4.74 Å². The molecule has 1 aliphatic heterocycles. The van der Waals surface area contributed by atoms with Gasteiger partial charge in [-0.05, 0) is 57.6 Å². The van der Waals surface area contributed by atoms with E-state index in [0.29, 0.717) is 0 Å². The van der Waals surface area contributed by atoms with Gasteiger partial charge in [-0.3, -0.25) is 0 Å². The predicted octanol–water partition coefficient (Wildman–Crippen LogP) is 9.84. The fourth-order valence-corrected chi connectivity index (χ4v) is 6.54. The lowest BCUT2D eigenvalue weighted by Gasteiger charge is -2.35. The quantitative estimate of drug-likeness (QED) is 0.270. The lowest BCUT2D eigenvalue weighted by atomic mass is 9.75. The number of ether oxygens (including phenoxy) is 1. The van der Waals surface area contributed by atoms with Gasteiger partial charge in [0.25, 0.3) is 0 Å². The minimum atomic E-state index is -0.142. The molecule has 0 amide bonds. The third-order valence-electron chi connectivity index (χ3n) is 8.50. The third-order valence-corrected chi connectivity index (χ3v) is 8.50. The number of anilines is 2. The van der Waals surface area contributed by atoms with Crippen molar-refractivity contribution >= 4 is 11.4 Å². The van der Waals surface area contributed by atoms with Gasteiger partial charge < -0.3 is 10.1 Å². The van der Waals surface area contributed by atoms with E-state index in [0.717, 1.165) is 22.9 Å². The van der Waals surface area contributed by atoms with E-state index in [2.05, 4.69) is 136 Å². The first-order chi connectivity index (χ1) is 18.4. The molecule has 0 unspecified atom stereocenters. The Morgan fingerprint density at radius 1 is 0.553 bits per heavy atom. The molecule has 0 fully saturated rings. The summed E-state index contributed by atoms with van der Waals surface area (Å²) in [6.45, 7) is 9.24. The Hall–Kier alpha value is -4.30. The Morgan fingerprint density at radius 2 is 1.26 bits per heavy atom. The maximum Gasteiger partial charge on any atom is 0.154 e. The summed E-state index contributed by atoms with van der Waals surface area (Å²) < 4.78 is 6.50. The summed E-state index contributed by atoms with van der Waals surface area (Å²) in [4.78, 5) is 0. The zero-order valence-corrected chi connectivity index (χ0v) is 22.3. The number of hydrogen-bond donors (Lipinski definition) is 1. The van der Waals surface area contributed by atoms with Crippen LogP contribution in [0.3, 0.4) is 0 Å². The topological polar surface area (TPSA) is 21.3 Å². The van der Waals surface area contributed by atoms with Crippen molar-refractivity contribution in [1.29, 1.82) is 0 Å². The second kappa shape index (κ2) is 8.10. The molecular formula is C36H31NO. The average molecular weight is 494 g/mol. The van der Waals surface area contributed by atoms with Crippen LogP contribution in [-0.4, -0.2) is 0 Å². The zero-order chi connectivity index (χ0) is 26.1. The van der Waals surface area contributed by atoms with Gasteiger partial charge in [0.1, 0.15) is 5.75 Å².